The quantitative estimate of drug-likeness (QED) is 0.664. The normalized spacial score (nSPS) is 16.7. The molecular formula is C22H25N3O2. The van der Waals surface area contributed by atoms with E-state index >= 15 is 0 Å². The average Bonchev–Trinajstić information content (AvgIpc) is 3.38. The zero-order valence-corrected chi connectivity index (χ0v) is 15.7. The molecule has 0 bridgehead atoms. The molecule has 0 unspecified atom stereocenters. The molecule has 1 aliphatic heterocycles. The molecule has 2 aromatic heterocycles. The summed E-state index contributed by atoms with van der Waals surface area (Å²) in [6.07, 6.45) is 6.48. The number of hydrogen-bond acceptors (Lipinski definition) is 3. The Hall–Kier alpha value is -2.66. The second-order valence-electron chi connectivity index (χ2n) is 7.16. The Morgan fingerprint density at radius 1 is 1.26 bits per heavy atom. The highest BCUT2D eigenvalue weighted by Gasteiger charge is 2.17. The number of rotatable bonds is 6. The van der Waals surface area contributed by atoms with E-state index in [1.165, 1.54) is 0 Å². The minimum atomic E-state index is 0.0526. The van der Waals surface area contributed by atoms with E-state index < -0.39 is 0 Å². The number of amides is 1. The third kappa shape index (κ3) is 3.88. The zero-order valence-electron chi connectivity index (χ0n) is 15.7. The fourth-order valence-electron chi connectivity index (χ4n) is 3.73. The molecule has 0 spiro atoms. The molecule has 0 N–H and O–H groups in total. The Kier molecular flexibility index (Phi) is 5.21. The van der Waals surface area contributed by atoms with E-state index in [0.717, 1.165) is 55.6 Å². The first kappa shape index (κ1) is 17.7. The molecule has 3 aromatic rings. The molecule has 140 valence electrons. The first-order valence-corrected chi connectivity index (χ1v) is 9.62. The van der Waals surface area contributed by atoms with Gasteiger partial charge >= 0.3 is 0 Å². The number of fused-ring (bicyclic) bond motifs is 1. The van der Waals surface area contributed by atoms with Gasteiger partial charge in [0.1, 0.15) is 0 Å². The van der Waals surface area contributed by atoms with Crippen molar-refractivity contribution in [2.24, 2.45) is 0 Å². The molecule has 0 aliphatic carbocycles. The summed E-state index contributed by atoms with van der Waals surface area (Å²) in [5.74, 6) is 0.0526. The lowest BCUT2D eigenvalue weighted by Gasteiger charge is -2.19. The minimum Gasteiger partial charge on any atom is -0.378 e. The van der Waals surface area contributed by atoms with Crippen LogP contribution in [0.25, 0.3) is 16.8 Å². The van der Waals surface area contributed by atoms with Gasteiger partial charge < -0.3 is 9.64 Å². The van der Waals surface area contributed by atoms with Crippen molar-refractivity contribution in [3.05, 3.63) is 60.3 Å². The molecule has 4 rings (SSSR count). The summed E-state index contributed by atoms with van der Waals surface area (Å²) >= 11 is 0. The second-order valence-corrected chi connectivity index (χ2v) is 7.16. The predicted octanol–water partition coefficient (Wildman–Crippen LogP) is 4.03. The Labute approximate surface area is 159 Å². The van der Waals surface area contributed by atoms with Gasteiger partial charge in [-0.25, -0.2) is 4.52 Å². The van der Waals surface area contributed by atoms with Crippen molar-refractivity contribution in [1.29, 1.82) is 0 Å². The molecule has 1 amide bonds. The van der Waals surface area contributed by atoms with Crippen LogP contribution in [0.5, 0.6) is 0 Å². The van der Waals surface area contributed by atoms with Crippen LogP contribution >= 0.6 is 0 Å². The standard InChI is InChI=1S/C22H25N3O2/c1-24(14-4-9-20-10-5-15-27-20)22(26)18-7-2-6-17(16-18)21-11-3-8-19-12-13-23-25(19)21/h2-3,6-8,11-13,16,20H,4-5,9-10,14-15H2,1H3/t20-/m0/s1. The van der Waals surface area contributed by atoms with Crippen molar-refractivity contribution < 1.29 is 9.53 Å². The van der Waals surface area contributed by atoms with Crippen LogP contribution in [0.4, 0.5) is 0 Å². The zero-order chi connectivity index (χ0) is 18.6. The van der Waals surface area contributed by atoms with Gasteiger partial charge in [0.15, 0.2) is 0 Å². The van der Waals surface area contributed by atoms with Gasteiger partial charge in [-0.1, -0.05) is 18.2 Å². The number of pyridine rings is 1. The van der Waals surface area contributed by atoms with Crippen LogP contribution in [0.15, 0.2) is 54.7 Å². The first-order chi connectivity index (χ1) is 13.2. The molecular weight excluding hydrogens is 338 g/mol. The molecule has 1 fully saturated rings. The van der Waals surface area contributed by atoms with Gasteiger partial charge in [0.25, 0.3) is 5.91 Å². The van der Waals surface area contributed by atoms with Gasteiger partial charge in [0.05, 0.1) is 23.5 Å². The van der Waals surface area contributed by atoms with Crippen LogP contribution in [-0.4, -0.2) is 46.7 Å². The van der Waals surface area contributed by atoms with E-state index in [-0.39, 0.29) is 5.91 Å². The van der Waals surface area contributed by atoms with E-state index in [1.54, 1.807) is 6.20 Å². The minimum absolute atomic E-state index is 0.0526. The van der Waals surface area contributed by atoms with Crippen LogP contribution in [0.2, 0.25) is 0 Å². The van der Waals surface area contributed by atoms with Gasteiger partial charge in [-0.3, -0.25) is 4.79 Å². The largest absolute Gasteiger partial charge is 0.378 e. The monoisotopic (exact) mass is 363 g/mol. The number of nitrogens with zero attached hydrogens (tertiary/aromatic N) is 3. The summed E-state index contributed by atoms with van der Waals surface area (Å²) in [5.41, 5.74) is 3.71. The van der Waals surface area contributed by atoms with Crippen LogP contribution in [0, 0.1) is 0 Å². The van der Waals surface area contributed by atoms with Gasteiger partial charge in [-0.05, 0) is 56.0 Å². The summed E-state index contributed by atoms with van der Waals surface area (Å²) in [6, 6.07) is 15.8. The number of ether oxygens (including phenoxy) is 1. The van der Waals surface area contributed by atoms with Crippen LogP contribution in [0.1, 0.15) is 36.0 Å². The maximum absolute atomic E-state index is 12.8. The average molecular weight is 363 g/mol. The summed E-state index contributed by atoms with van der Waals surface area (Å²) in [6.45, 7) is 1.63. The van der Waals surface area contributed by atoms with Gasteiger partial charge in [0, 0.05) is 31.3 Å². The van der Waals surface area contributed by atoms with Crippen LogP contribution in [0.3, 0.4) is 0 Å². The SMILES string of the molecule is CN(CCC[C@H]1CCCO1)C(=O)c1cccc(-c2cccc3ccnn23)c1. The van der Waals surface area contributed by atoms with Gasteiger partial charge in [0.2, 0.25) is 0 Å². The molecule has 27 heavy (non-hydrogen) atoms. The topological polar surface area (TPSA) is 46.8 Å². The lowest BCUT2D eigenvalue weighted by molar-refractivity contribution is 0.0763. The molecule has 3 heterocycles. The second kappa shape index (κ2) is 7.92. The maximum Gasteiger partial charge on any atom is 0.253 e. The fraction of sp³-hybridized carbons (Fsp3) is 0.364. The Bertz CT molecular complexity index is 928. The van der Waals surface area contributed by atoms with Crippen molar-refractivity contribution >= 4 is 11.4 Å². The van der Waals surface area contributed by atoms with E-state index in [4.69, 9.17) is 4.74 Å². The highest BCUT2D eigenvalue weighted by atomic mass is 16.5. The van der Waals surface area contributed by atoms with Crippen molar-refractivity contribution in [3.8, 4) is 11.3 Å². The van der Waals surface area contributed by atoms with Crippen molar-refractivity contribution in [2.45, 2.75) is 31.8 Å². The summed E-state index contributed by atoms with van der Waals surface area (Å²) < 4.78 is 7.56. The Balaban J connectivity index is 1.46. The van der Waals surface area contributed by atoms with E-state index in [1.807, 2.05) is 65.0 Å². The summed E-state index contributed by atoms with van der Waals surface area (Å²) in [7, 11) is 1.87. The number of hydrogen-bond donors (Lipinski definition) is 0. The molecule has 0 radical (unpaired) electrons. The van der Waals surface area contributed by atoms with Crippen molar-refractivity contribution in [3.63, 3.8) is 0 Å². The lowest BCUT2D eigenvalue weighted by atomic mass is 10.1. The molecule has 5 heteroatoms. The maximum atomic E-state index is 12.8. The summed E-state index contributed by atoms with van der Waals surface area (Å²) in [4.78, 5) is 14.6. The van der Waals surface area contributed by atoms with Crippen molar-refractivity contribution in [2.75, 3.05) is 20.2 Å². The molecule has 5 nitrogen and oxygen atoms in total. The van der Waals surface area contributed by atoms with Crippen molar-refractivity contribution in [1.82, 2.24) is 14.5 Å². The molecule has 1 saturated heterocycles. The van der Waals surface area contributed by atoms with Crippen LogP contribution < -0.4 is 0 Å². The third-order valence-corrected chi connectivity index (χ3v) is 5.22. The van der Waals surface area contributed by atoms with Crippen LogP contribution in [-0.2, 0) is 4.74 Å². The van der Waals surface area contributed by atoms with Gasteiger partial charge in [-0.2, -0.15) is 5.10 Å². The molecule has 1 atom stereocenters. The highest BCUT2D eigenvalue weighted by molar-refractivity contribution is 5.95. The number of carbonyl (C=O) groups is 1. The third-order valence-electron chi connectivity index (χ3n) is 5.22. The lowest BCUT2D eigenvalue weighted by Crippen LogP contribution is -2.28. The number of carbonyl (C=O) groups excluding carboxylic acids is 1. The molecule has 1 aromatic carbocycles. The predicted molar refractivity (Wildman–Crippen MR) is 106 cm³/mol. The Morgan fingerprint density at radius 2 is 2.15 bits per heavy atom. The van der Waals surface area contributed by atoms with Gasteiger partial charge in [-0.15, -0.1) is 0 Å². The number of benzene rings is 1. The molecule has 1 aliphatic rings. The number of aromatic nitrogens is 2. The smallest absolute Gasteiger partial charge is 0.253 e. The molecule has 0 saturated carbocycles. The summed E-state index contributed by atoms with van der Waals surface area (Å²) in [5, 5.41) is 4.39. The fourth-order valence-corrected chi connectivity index (χ4v) is 3.73. The van der Waals surface area contributed by atoms with E-state index in [9.17, 15) is 4.79 Å². The van der Waals surface area contributed by atoms with E-state index in [0.29, 0.717) is 11.7 Å². The first-order valence-electron chi connectivity index (χ1n) is 9.62. The Morgan fingerprint density at radius 3 is 3.00 bits per heavy atom. The van der Waals surface area contributed by atoms with E-state index in [2.05, 4.69) is 5.10 Å². The highest BCUT2D eigenvalue weighted by Crippen LogP contribution is 2.22.